The summed E-state index contributed by atoms with van der Waals surface area (Å²) in [5.41, 5.74) is 10.9. The van der Waals surface area contributed by atoms with Gasteiger partial charge in [0.2, 0.25) is 0 Å². The van der Waals surface area contributed by atoms with Gasteiger partial charge in [0.05, 0.1) is 22.4 Å². The Kier molecular flexibility index (Phi) is 6.86. The third kappa shape index (κ3) is 4.89. The van der Waals surface area contributed by atoms with E-state index in [1.165, 1.54) is 0 Å². The van der Waals surface area contributed by atoms with Gasteiger partial charge in [0, 0.05) is 61.5 Å². The second kappa shape index (κ2) is 12.4. The molecule has 0 atom stereocenters. The summed E-state index contributed by atoms with van der Waals surface area (Å²) in [6.45, 7) is 0. The van der Waals surface area contributed by atoms with Crippen LogP contribution in [0.4, 0.5) is 34.1 Å². The molecular weight excluding hydrogens is 701 g/mol. The van der Waals surface area contributed by atoms with E-state index in [2.05, 4.69) is 174 Å². The van der Waals surface area contributed by atoms with Crippen LogP contribution in [0.2, 0.25) is 0 Å². The lowest BCUT2D eigenvalue weighted by Crippen LogP contribution is -2.13. The number of para-hydroxylation sites is 4. The van der Waals surface area contributed by atoms with Crippen LogP contribution in [0.15, 0.2) is 207 Å². The van der Waals surface area contributed by atoms with Crippen molar-refractivity contribution in [2.75, 3.05) is 9.80 Å². The molecule has 5 nitrogen and oxygen atoms in total. The molecule has 268 valence electrons. The molecule has 3 heterocycles. The van der Waals surface area contributed by atoms with Gasteiger partial charge in [-0.25, -0.2) is 0 Å². The van der Waals surface area contributed by atoms with Gasteiger partial charge in [-0.05, 0) is 84.2 Å². The first-order valence-electron chi connectivity index (χ1n) is 19.2. The Labute approximate surface area is 326 Å². The summed E-state index contributed by atoms with van der Waals surface area (Å²) in [7, 11) is 0. The van der Waals surface area contributed by atoms with E-state index in [0.29, 0.717) is 0 Å². The Morgan fingerprint density at radius 3 is 1.37 bits per heavy atom. The molecule has 0 amide bonds. The summed E-state index contributed by atoms with van der Waals surface area (Å²) in [6, 6.07) is 67.7. The third-order valence-corrected chi connectivity index (χ3v) is 11.2. The number of nitrogens with zero attached hydrogens (tertiary/aromatic N) is 2. The van der Waals surface area contributed by atoms with E-state index >= 15 is 0 Å². The zero-order valence-corrected chi connectivity index (χ0v) is 30.6. The highest BCUT2D eigenvalue weighted by molar-refractivity contribution is 6.22. The van der Waals surface area contributed by atoms with Gasteiger partial charge < -0.3 is 23.1 Å². The minimum absolute atomic E-state index is 0.776. The first kappa shape index (κ1) is 31.6. The Morgan fingerprint density at radius 2 is 0.754 bits per heavy atom. The maximum atomic E-state index is 7.22. The number of fused-ring (bicyclic) bond motifs is 11. The SMILES string of the molecule is c1ccc(N(c2ccc3c(c2)oc2ccccc23)c2ccc(N(c3ccccc3)c3ccc4c(c3)oc3ccccc34)c3c2oc2c4ccccc4ccc23)cc1. The minimum Gasteiger partial charge on any atom is -0.456 e. The lowest BCUT2D eigenvalue weighted by Gasteiger charge is -2.29. The fourth-order valence-corrected chi connectivity index (χ4v) is 8.66. The fourth-order valence-electron chi connectivity index (χ4n) is 8.66. The second-order valence-electron chi connectivity index (χ2n) is 14.5. The molecule has 0 saturated heterocycles. The lowest BCUT2D eigenvalue weighted by molar-refractivity contribution is 0.668. The molecule has 0 aliphatic rings. The van der Waals surface area contributed by atoms with Crippen molar-refractivity contribution < 1.29 is 13.3 Å². The van der Waals surface area contributed by atoms with Crippen LogP contribution in [0.3, 0.4) is 0 Å². The third-order valence-electron chi connectivity index (χ3n) is 11.2. The van der Waals surface area contributed by atoms with Crippen LogP contribution in [0.1, 0.15) is 0 Å². The number of rotatable bonds is 6. The lowest BCUT2D eigenvalue weighted by atomic mass is 10.0. The molecule has 5 heteroatoms. The number of hydrogen-bond donors (Lipinski definition) is 0. The highest BCUT2D eigenvalue weighted by atomic mass is 16.3. The van der Waals surface area contributed by atoms with Gasteiger partial charge in [0.15, 0.2) is 5.58 Å². The highest BCUT2D eigenvalue weighted by Crippen LogP contribution is 2.50. The molecule has 57 heavy (non-hydrogen) atoms. The first-order valence-corrected chi connectivity index (χ1v) is 19.2. The molecule has 0 saturated carbocycles. The zero-order valence-electron chi connectivity index (χ0n) is 30.6. The van der Waals surface area contributed by atoms with Crippen molar-refractivity contribution in [3.8, 4) is 0 Å². The normalized spacial score (nSPS) is 11.9. The summed E-state index contributed by atoms with van der Waals surface area (Å²) in [5, 5.41) is 8.60. The molecule has 0 N–H and O–H groups in total. The Balaban J connectivity index is 1.15. The molecule has 12 rings (SSSR count). The fraction of sp³-hybridized carbons (Fsp3) is 0. The summed E-state index contributed by atoms with van der Waals surface area (Å²) in [5.74, 6) is 0. The van der Waals surface area contributed by atoms with E-state index in [9.17, 15) is 0 Å². The van der Waals surface area contributed by atoms with Gasteiger partial charge in [-0.3, -0.25) is 0 Å². The molecule has 3 aromatic heterocycles. The number of anilines is 6. The van der Waals surface area contributed by atoms with Crippen LogP contribution in [0, 0.1) is 0 Å². The Hall–Kier alpha value is -7.76. The maximum absolute atomic E-state index is 7.22. The summed E-state index contributed by atoms with van der Waals surface area (Å²) >= 11 is 0. The van der Waals surface area contributed by atoms with Gasteiger partial charge in [-0.1, -0.05) is 103 Å². The average molecular weight is 733 g/mol. The number of benzene rings is 9. The molecule has 0 bridgehead atoms. The molecule has 0 spiro atoms. The van der Waals surface area contributed by atoms with Crippen LogP contribution in [-0.4, -0.2) is 0 Å². The minimum atomic E-state index is 0.776. The second-order valence-corrected chi connectivity index (χ2v) is 14.5. The van der Waals surface area contributed by atoms with Crippen LogP contribution in [-0.2, 0) is 0 Å². The molecule has 0 fully saturated rings. The van der Waals surface area contributed by atoms with Gasteiger partial charge in [-0.2, -0.15) is 0 Å². The van der Waals surface area contributed by atoms with Gasteiger partial charge >= 0.3 is 0 Å². The molecule has 12 aromatic rings. The van der Waals surface area contributed by atoms with Crippen molar-refractivity contribution >= 4 is 111 Å². The smallest absolute Gasteiger partial charge is 0.161 e. The van der Waals surface area contributed by atoms with E-state index in [1.807, 2.05) is 30.3 Å². The molecular formula is C52H32N2O3. The quantitative estimate of drug-likeness (QED) is 0.170. The van der Waals surface area contributed by atoms with Gasteiger partial charge in [-0.15, -0.1) is 0 Å². The monoisotopic (exact) mass is 732 g/mol. The Morgan fingerprint density at radius 1 is 0.281 bits per heavy atom. The van der Waals surface area contributed by atoms with Crippen molar-refractivity contribution in [2.24, 2.45) is 0 Å². The topological polar surface area (TPSA) is 45.9 Å². The standard InChI is InChI=1S/C52H32N2O3/c1-3-14-34(15-4-1)53(36-24-27-41-39-19-9-11-21-46(39)55-48(41)31-36)44-29-30-45(52-50(44)43-26-23-33-13-7-8-18-38(33)51(43)57-52)54(35-16-5-2-6-17-35)37-25-28-42-40-20-10-12-22-47(40)56-49(42)32-37/h1-32H. The van der Waals surface area contributed by atoms with Crippen molar-refractivity contribution in [2.45, 2.75) is 0 Å². The highest BCUT2D eigenvalue weighted by Gasteiger charge is 2.26. The van der Waals surface area contributed by atoms with Crippen LogP contribution >= 0.6 is 0 Å². The van der Waals surface area contributed by atoms with E-state index in [-0.39, 0.29) is 0 Å². The van der Waals surface area contributed by atoms with E-state index in [1.54, 1.807) is 0 Å². The van der Waals surface area contributed by atoms with Crippen LogP contribution < -0.4 is 9.80 Å². The summed E-state index contributed by atoms with van der Waals surface area (Å²) in [4.78, 5) is 4.59. The van der Waals surface area contributed by atoms with Crippen molar-refractivity contribution in [1.29, 1.82) is 0 Å². The van der Waals surface area contributed by atoms with E-state index < -0.39 is 0 Å². The summed E-state index contributed by atoms with van der Waals surface area (Å²) in [6.07, 6.45) is 0. The van der Waals surface area contributed by atoms with Crippen molar-refractivity contribution in [3.63, 3.8) is 0 Å². The first-order chi connectivity index (χ1) is 28.3. The maximum Gasteiger partial charge on any atom is 0.161 e. The predicted octanol–water partition coefficient (Wildman–Crippen LogP) is 15.5. The van der Waals surface area contributed by atoms with Crippen molar-refractivity contribution in [1.82, 2.24) is 0 Å². The largest absolute Gasteiger partial charge is 0.456 e. The van der Waals surface area contributed by atoms with E-state index in [4.69, 9.17) is 13.3 Å². The molecule has 0 unspecified atom stereocenters. The molecule has 0 aliphatic carbocycles. The van der Waals surface area contributed by atoms with Gasteiger partial charge in [0.25, 0.3) is 0 Å². The van der Waals surface area contributed by atoms with Crippen molar-refractivity contribution in [3.05, 3.63) is 194 Å². The zero-order chi connectivity index (χ0) is 37.5. The van der Waals surface area contributed by atoms with E-state index in [0.717, 1.165) is 111 Å². The predicted molar refractivity (Wildman–Crippen MR) is 235 cm³/mol. The average Bonchev–Trinajstić information content (AvgIpc) is 3.97. The van der Waals surface area contributed by atoms with Crippen LogP contribution in [0.25, 0.3) is 76.6 Å². The van der Waals surface area contributed by atoms with Crippen LogP contribution in [0.5, 0.6) is 0 Å². The Bertz CT molecular complexity index is 3490. The summed E-state index contributed by atoms with van der Waals surface area (Å²) < 4.78 is 20.1. The number of furan rings is 3. The molecule has 0 radical (unpaired) electrons. The molecule has 0 aliphatic heterocycles. The molecule has 9 aromatic carbocycles. The number of hydrogen-bond acceptors (Lipinski definition) is 5. The van der Waals surface area contributed by atoms with Gasteiger partial charge in [0.1, 0.15) is 27.9 Å².